The molecule has 0 heterocycles. The van der Waals surface area contributed by atoms with Crippen molar-refractivity contribution in [3.8, 4) is 11.8 Å². The topological polar surface area (TPSA) is 59.0 Å². The molecule has 0 amide bonds. The van der Waals surface area contributed by atoms with Gasteiger partial charge >= 0.3 is 0 Å². The van der Waals surface area contributed by atoms with Gasteiger partial charge in [-0.2, -0.15) is 5.26 Å². The zero-order valence-corrected chi connectivity index (χ0v) is 8.57. The molecule has 0 spiro atoms. The van der Waals surface area contributed by atoms with Gasteiger partial charge in [-0.1, -0.05) is 18.9 Å². The van der Waals surface area contributed by atoms with Crippen LogP contribution in [0.25, 0.3) is 0 Å². The summed E-state index contributed by atoms with van der Waals surface area (Å²) < 4.78 is 5.56. The summed E-state index contributed by atoms with van der Waals surface area (Å²) in [5.74, 6) is 1.45. The van der Waals surface area contributed by atoms with Crippen molar-refractivity contribution >= 4 is 5.69 Å². The van der Waals surface area contributed by atoms with Gasteiger partial charge in [0.1, 0.15) is 17.4 Å². The highest BCUT2D eigenvalue weighted by molar-refractivity contribution is 5.60. The van der Waals surface area contributed by atoms with Crippen LogP contribution in [0.1, 0.15) is 24.8 Å². The Balaban J connectivity index is 1.99. The molecule has 15 heavy (non-hydrogen) atoms. The lowest BCUT2D eigenvalue weighted by Crippen LogP contribution is -2.01. The second kappa shape index (κ2) is 4.22. The normalized spacial score (nSPS) is 14.6. The Bertz CT molecular complexity index is 391. The molecule has 0 atom stereocenters. The van der Waals surface area contributed by atoms with E-state index in [0.717, 1.165) is 12.3 Å². The summed E-state index contributed by atoms with van der Waals surface area (Å²) in [4.78, 5) is 0. The van der Waals surface area contributed by atoms with E-state index in [2.05, 4.69) is 6.07 Å². The van der Waals surface area contributed by atoms with Crippen LogP contribution in [-0.2, 0) is 0 Å². The Morgan fingerprint density at radius 1 is 1.47 bits per heavy atom. The standard InChI is InChI=1S/C12H14N2O/c13-8-10-11(14)2-1-3-12(10)15-7-6-9-4-5-9/h1-3,9H,4-7,14H2. The van der Waals surface area contributed by atoms with Crippen LogP contribution in [0.15, 0.2) is 18.2 Å². The molecular weight excluding hydrogens is 188 g/mol. The largest absolute Gasteiger partial charge is 0.492 e. The van der Waals surface area contributed by atoms with Crippen molar-refractivity contribution in [2.75, 3.05) is 12.3 Å². The van der Waals surface area contributed by atoms with Crippen LogP contribution in [0, 0.1) is 17.2 Å². The summed E-state index contributed by atoms with van der Waals surface area (Å²) in [5.41, 5.74) is 6.61. The second-order valence-electron chi connectivity index (χ2n) is 3.91. The van der Waals surface area contributed by atoms with Crippen LogP contribution in [0.4, 0.5) is 5.69 Å². The molecule has 2 rings (SSSR count). The summed E-state index contributed by atoms with van der Waals surface area (Å²) in [6, 6.07) is 7.38. The monoisotopic (exact) mass is 202 g/mol. The van der Waals surface area contributed by atoms with Gasteiger partial charge in [0.25, 0.3) is 0 Å². The predicted octanol–water partition coefficient (Wildman–Crippen LogP) is 2.32. The zero-order valence-electron chi connectivity index (χ0n) is 8.57. The molecule has 2 N–H and O–H groups in total. The smallest absolute Gasteiger partial charge is 0.139 e. The molecule has 0 radical (unpaired) electrons. The van der Waals surface area contributed by atoms with Crippen LogP contribution in [0.2, 0.25) is 0 Å². The second-order valence-corrected chi connectivity index (χ2v) is 3.91. The minimum absolute atomic E-state index is 0.452. The van der Waals surface area contributed by atoms with E-state index in [-0.39, 0.29) is 0 Å². The van der Waals surface area contributed by atoms with Crippen molar-refractivity contribution in [2.45, 2.75) is 19.3 Å². The van der Waals surface area contributed by atoms with Gasteiger partial charge in [-0.05, 0) is 24.5 Å². The first-order chi connectivity index (χ1) is 7.31. The van der Waals surface area contributed by atoms with Crippen LogP contribution >= 0.6 is 0 Å². The molecule has 0 unspecified atom stereocenters. The van der Waals surface area contributed by atoms with E-state index in [9.17, 15) is 0 Å². The minimum Gasteiger partial charge on any atom is -0.492 e. The lowest BCUT2D eigenvalue weighted by atomic mass is 10.2. The number of rotatable bonds is 4. The molecule has 0 aliphatic heterocycles. The average Bonchev–Trinajstić information content (AvgIpc) is 3.02. The minimum atomic E-state index is 0.452. The molecule has 1 saturated carbocycles. The van der Waals surface area contributed by atoms with Crippen molar-refractivity contribution in [3.63, 3.8) is 0 Å². The lowest BCUT2D eigenvalue weighted by molar-refractivity contribution is 0.302. The first kappa shape index (κ1) is 9.85. The van der Waals surface area contributed by atoms with E-state index >= 15 is 0 Å². The number of nitrogens with zero attached hydrogens (tertiary/aromatic N) is 1. The zero-order chi connectivity index (χ0) is 10.7. The Kier molecular flexibility index (Phi) is 2.77. The first-order valence-electron chi connectivity index (χ1n) is 5.22. The van der Waals surface area contributed by atoms with Crippen molar-refractivity contribution in [2.24, 2.45) is 5.92 Å². The molecule has 0 saturated heterocycles. The number of hydrogen-bond donors (Lipinski definition) is 1. The SMILES string of the molecule is N#Cc1c(N)cccc1OCCC1CC1. The Hall–Kier alpha value is -1.69. The fraction of sp³-hybridized carbons (Fsp3) is 0.417. The molecule has 3 nitrogen and oxygen atoms in total. The van der Waals surface area contributed by atoms with E-state index in [1.54, 1.807) is 12.1 Å². The predicted molar refractivity (Wildman–Crippen MR) is 58.4 cm³/mol. The van der Waals surface area contributed by atoms with Gasteiger partial charge in [-0.15, -0.1) is 0 Å². The van der Waals surface area contributed by atoms with Crippen LogP contribution in [0.3, 0.4) is 0 Å². The molecule has 1 aromatic rings. The third-order valence-electron chi connectivity index (χ3n) is 2.65. The van der Waals surface area contributed by atoms with Gasteiger partial charge in [0.2, 0.25) is 0 Å². The van der Waals surface area contributed by atoms with Crippen LogP contribution in [0.5, 0.6) is 5.75 Å². The molecule has 1 aromatic carbocycles. The quantitative estimate of drug-likeness (QED) is 0.762. The van der Waals surface area contributed by atoms with Crippen molar-refractivity contribution in [1.82, 2.24) is 0 Å². The highest BCUT2D eigenvalue weighted by atomic mass is 16.5. The average molecular weight is 202 g/mol. The molecule has 1 fully saturated rings. The first-order valence-corrected chi connectivity index (χ1v) is 5.22. The highest BCUT2D eigenvalue weighted by Gasteiger charge is 2.20. The number of benzene rings is 1. The molecule has 1 aliphatic rings. The van der Waals surface area contributed by atoms with Crippen LogP contribution < -0.4 is 10.5 Å². The van der Waals surface area contributed by atoms with Gasteiger partial charge in [-0.25, -0.2) is 0 Å². The number of ether oxygens (including phenoxy) is 1. The van der Waals surface area contributed by atoms with Crippen LogP contribution in [-0.4, -0.2) is 6.61 Å². The van der Waals surface area contributed by atoms with Gasteiger partial charge in [-0.3, -0.25) is 0 Å². The molecule has 0 aromatic heterocycles. The van der Waals surface area contributed by atoms with Gasteiger partial charge in [0.05, 0.1) is 12.3 Å². The molecule has 78 valence electrons. The Morgan fingerprint density at radius 3 is 2.93 bits per heavy atom. The third kappa shape index (κ3) is 2.41. The Morgan fingerprint density at radius 2 is 2.27 bits per heavy atom. The van der Waals surface area contributed by atoms with Crippen molar-refractivity contribution in [3.05, 3.63) is 23.8 Å². The third-order valence-corrected chi connectivity index (χ3v) is 2.65. The van der Waals surface area contributed by atoms with Gasteiger partial charge in [0.15, 0.2) is 0 Å². The number of anilines is 1. The summed E-state index contributed by atoms with van der Waals surface area (Å²) >= 11 is 0. The summed E-state index contributed by atoms with van der Waals surface area (Å²) in [6.07, 6.45) is 3.73. The Labute approximate surface area is 89.5 Å². The number of nitriles is 1. The maximum absolute atomic E-state index is 8.91. The number of hydrogen-bond acceptors (Lipinski definition) is 3. The fourth-order valence-corrected chi connectivity index (χ4v) is 1.53. The summed E-state index contributed by atoms with van der Waals surface area (Å²) in [7, 11) is 0. The lowest BCUT2D eigenvalue weighted by Gasteiger charge is -2.08. The van der Waals surface area contributed by atoms with E-state index in [1.165, 1.54) is 12.8 Å². The molecule has 1 aliphatic carbocycles. The van der Waals surface area contributed by atoms with Gasteiger partial charge in [0, 0.05) is 0 Å². The number of nitrogen functional groups attached to an aromatic ring is 1. The number of nitrogens with two attached hydrogens (primary N) is 1. The van der Waals surface area contributed by atoms with E-state index < -0.39 is 0 Å². The van der Waals surface area contributed by atoms with E-state index in [1.807, 2.05) is 6.07 Å². The van der Waals surface area contributed by atoms with E-state index in [0.29, 0.717) is 23.6 Å². The van der Waals surface area contributed by atoms with E-state index in [4.69, 9.17) is 15.7 Å². The fourth-order valence-electron chi connectivity index (χ4n) is 1.53. The maximum atomic E-state index is 8.91. The summed E-state index contributed by atoms with van der Waals surface area (Å²) in [5, 5.41) is 8.91. The molecular formula is C12H14N2O. The maximum Gasteiger partial charge on any atom is 0.139 e. The van der Waals surface area contributed by atoms with Gasteiger partial charge < -0.3 is 10.5 Å². The molecule has 3 heteroatoms. The van der Waals surface area contributed by atoms with Crippen molar-refractivity contribution < 1.29 is 4.74 Å². The van der Waals surface area contributed by atoms with Crippen molar-refractivity contribution in [1.29, 1.82) is 5.26 Å². The summed E-state index contributed by atoms with van der Waals surface area (Å²) in [6.45, 7) is 0.683. The molecule has 0 bridgehead atoms. The highest BCUT2D eigenvalue weighted by Crippen LogP contribution is 2.32.